The molecule has 0 aliphatic carbocycles. The molecule has 5 nitrogen and oxygen atoms in total. The first-order valence-corrected chi connectivity index (χ1v) is 8.25. The predicted molar refractivity (Wildman–Crippen MR) is 94.8 cm³/mol. The summed E-state index contributed by atoms with van der Waals surface area (Å²) in [7, 11) is 0. The number of nitrogens with one attached hydrogen (secondary N) is 1. The quantitative estimate of drug-likeness (QED) is 0.758. The normalized spacial score (nSPS) is 10.7. The Labute approximate surface area is 141 Å². The smallest absolute Gasteiger partial charge is 0.317 e. The number of carbonyl (C=O) groups excluding carboxylic acids is 1. The molecule has 2 heterocycles. The molecule has 0 fully saturated rings. The van der Waals surface area contributed by atoms with Crippen molar-refractivity contribution in [2.45, 2.75) is 19.9 Å². The van der Waals surface area contributed by atoms with Crippen molar-refractivity contribution in [1.82, 2.24) is 19.6 Å². The number of urea groups is 1. The molecule has 2 aromatic heterocycles. The molecule has 1 aromatic carbocycles. The van der Waals surface area contributed by atoms with Crippen molar-refractivity contribution in [2.24, 2.45) is 0 Å². The Kier molecular flexibility index (Phi) is 5.11. The first-order chi connectivity index (χ1) is 11.8. The molecule has 0 saturated heterocycles. The molecule has 0 atom stereocenters. The van der Waals surface area contributed by atoms with Crippen LogP contribution >= 0.6 is 0 Å². The van der Waals surface area contributed by atoms with Gasteiger partial charge in [0.1, 0.15) is 5.65 Å². The van der Waals surface area contributed by atoms with E-state index in [9.17, 15) is 4.79 Å². The maximum absolute atomic E-state index is 12.4. The highest BCUT2D eigenvalue weighted by atomic mass is 16.2. The van der Waals surface area contributed by atoms with E-state index in [-0.39, 0.29) is 6.03 Å². The molecule has 3 aromatic rings. The van der Waals surface area contributed by atoms with Crippen LogP contribution in [0.2, 0.25) is 0 Å². The van der Waals surface area contributed by atoms with Crippen LogP contribution in [0.15, 0.2) is 60.9 Å². The van der Waals surface area contributed by atoms with Gasteiger partial charge in [0.2, 0.25) is 0 Å². The van der Waals surface area contributed by atoms with Crippen molar-refractivity contribution in [3.63, 3.8) is 0 Å². The summed E-state index contributed by atoms with van der Waals surface area (Å²) in [6.07, 6.45) is 4.63. The summed E-state index contributed by atoms with van der Waals surface area (Å²) in [4.78, 5) is 18.6. The summed E-state index contributed by atoms with van der Waals surface area (Å²) < 4.78 is 2.01. The monoisotopic (exact) mass is 322 g/mol. The number of amides is 2. The van der Waals surface area contributed by atoms with E-state index in [1.807, 2.05) is 60.1 Å². The summed E-state index contributed by atoms with van der Waals surface area (Å²) in [6.45, 7) is 3.81. The van der Waals surface area contributed by atoms with E-state index in [0.717, 1.165) is 17.8 Å². The minimum absolute atomic E-state index is 0.0423. The third-order valence-corrected chi connectivity index (χ3v) is 4.05. The molecule has 0 aliphatic heterocycles. The van der Waals surface area contributed by atoms with Gasteiger partial charge in [0.15, 0.2) is 0 Å². The van der Waals surface area contributed by atoms with Crippen molar-refractivity contribution in [3.8, 4) is 0 Å². The Morgan fingerprint density at radius 2 is 1.96 bits per heavy atom. The number of pyridine rings is 1. The molecular formula is C19H22N4O. The summed E-state index contributed by atoms with van der Waals surface area (Å²) >= 11 is 0. The lowest BCUT2D eigenvalue weighted by Gasteiger charge is -2.21. The van der Waals surface area contributed by atoms with E-state index < -0.39 is 0 Å². The number of imidazole rings is 1. The summed E-state index contributed by atoms with van der Waals surface area (Å²) in [5, 5.41) is 3.00. The van der Waals surface area contributed by atoms with E-state index in [2.05, 4.69) is 22.4 Å². The lowest BCUT2D eigenvalue weighted by molar-refractivity contribution is 0.197. The highest BCUT2D eigenvalue weighted by molar-refractivity contribution is 5.74. The van der Waals surface area contributed by atoms with Crippen LogP contribution in [0.4, 0.5) is 4.79 Å². The minimum Gasteiger partial charge on any atom is -0.338 e. The number of rotatable bonds is 6. The van der Waals surface area contributed by atoms with Gasteiger partial charge in [-0.2, -0.15) is 0 Å². The van der Waals surface area contributed by atoms with Crippen LogP contribution < -0.4 is 5.32 Å². The average Bonchev–Trinajstić information content (AvgIpc) is 3.03. The van der Waals surface area contributed by atoms with Crippen LogP contribution in [0.25, 0.3) is 5.65 Å². The molecule has 0 bridgehead atoms. The van der Waals surface area contributed by atoms with Crippen molar-refractivity contribution in [3.05, 3.63) is 72.2 Å². The number of fused-ring (bicyclic) bond motifs is 1. The van der Waals surface area contributed by atoms with Crippen molar-refractivity contribution in [2.75, 3.05) is 13.1 Å². The van der Waals surface area contributed by atoms with Crippen LogP contribution in [-0.2, 0) is 13.0 Å². The molecular weight excluding hydrogens is 300 g/mol. The molecule has 0 unspecified atom stereocenters. The van der Waals surface area contributed by atoms with Gasteiger partial charge in [-0.25, -0.2) is 9.78 Å². The van der Waals surface area contributed by atoms with Gasteiger partial charge in [-0.05, 0) is 31.0 Å². The van der Waals surface area contributed by atoms with Crippen molar-refractivity contribution < 1.29 is 4.79 Å². The zero-order chi connectivity index (χ0) is 16.8. The standard InChI is InChI=1S/C19H22N4O/c1-2-22(15-17-14-21-18-10-6-7-13-23(17)18)19(24)20-12-11-16-8-4-3-5-9-16/h3-10,13-14H,2,11-12,15H2,1H3,(H,20,24). The van der Waals surface area contributed by atoms with Crippen LogP contribution in [0.1, 0.15) is 18.2 Å². The van der Waals surface area contributed by atoms with E-state index in [1.54, 1.807) is 4.90 Å². The molecule has 0 saturated carbocycles. The maximum Gasteiger partial charge on any atom is 0.317 e. The molecule has 5 heteroatoms. The zero-order valence-electron chi connectivity index (χ0n) is 13.9. The van der Waals surface area contributed by atoms with Gasteiger partial charge in [-0.1, -0.05) is 36.4 Å². The van der Waals surface area contributed by atoms with E-state index in [4.69, 9.17) is 0 Å². The van der Waals surface area contributed by atoms with Crippen LogP contribution in [-0.4, -0.2) is 33.4 Å². The van der Waals surface area contributed by atoms with E-state index in [0.29, 0.717) is 19.6 Å². The lowest BCUT2D eigenvalue weighted by atomic mass is 10.1. The molecule has 0 aliphatic rings. The summed E-state index contributed by atoms with van der Waals surface area (Å²) in [5.74, 6) is 0. The van der Waals surface area contributed by atoms with E-state index >= 15 is 0 Å². The van der Waals surface area contributed by atoms with E-state index in [1.165, 1.54) is 5.56 Å². The van der Waals surface area contributed by atoms with Gasteiger partial charge in [0.05, 0.1) is 18.4 Å². The van der Waals surface area contributed by atoms with Gasteiger partial charge in [-0.3, -0.25) is 0 Å². The highest BCUT2D eigenvalue weighted by Gasteiger charge is 2.13. The molecule has 24 heavy (non-hydrogen) atoms. The van der Waals surface area contributed by atoms with Crippen LogP contribution in [0.3, 0.4) is 0 Å². The largest absolute Gasteiger partial charge is 0.338 e. The summed E-state index contributed by atoms with van der Waals surface area (Å²) in [5.41, 5.74) is 3.13. The topological polar surface area (TPSA) is 49.6 Å². The number of hydrogen-bond acceptors (Lipinski definition) is 2. The molecule has 0 radical (unpaired) electrons. The van der Waals surface area contributed by atoms with Crippen LogP contribution in [0, 0.1) is 0 Å². The van der Waals surface area contributed by atoms with Crippen molar-refractivity contribution >= 4 is 11.7 Å². The van der Waals surface area contributed by atoms with Gasteiger partial charge in [0, 0.05) is 19.3 Å². The van der Waals surface area contributed by atoms with Gasteiger partial charge in [-0.15, -0.1) is 0 Å². The second-order valence-electron chi connectivity index (χ2n) is 5.66. The van der Waals surface area contributed by atoms with Gasteiger partial charge < -0.3 is 14.6 Å². The number of benzene rings is 1. The van der Waals surface area contributed by atoms with Crippen LogP contribution in [0.5, 0.6) is 0 Å². The zero-order valence-corrected chi connectivity index (χ0v) is 13.9. The Bertz CT molecular complexity index is 797. The van der Waals surface area contributed by atoms with Gasteiger partial charge in [0.25, 0.3) is 0 Å². The lowest BCUT2D eigenvalue weighted by Crippen LogP contribution is -2.40. The molecule has 124 valence electrons. The Morgan fingerprint density at radius 1 is 1.17 bits per heavy atom. The third-order valence-electron chi connectivity index (χ3n) is 4.05. The first kappa shape index (κ1) is 16.1. The summed E-state index contributed by atoms with van der Waals surface area (Å²) in [6, 6.07) is 16.0. The predicted octanol–water partition coefficient (Wildman–Crippen LogP) is 3.11. The molecule has 1 N–H and O–H groups in total. The second-order valence-corrected chi connectivity index (χ2v) is 5.66. The Hall–Kier alpha value is -2.82. The first-order valence-electron chi connectivity index (χ1n) is 8.25. The highest BCUT2D eigenvalue weighted by Crippen LogP contribution is 2.09. The second kappa shape index (κ2) is 7.64. The number of hydrogen-bond donors (Lipinski definition) is 1. The number of carbonyl (C=O) groups is 1. The fourth-order valence-corrected chi connectivity index (χ4v) is 2.70. The Balaban J connectivity index is 1.58. The van der Waals surface area contributed by atoms with Gasteiger partial charge >= 0.3 is 6.03 Å². The number of aromatic nitrogens is 2. The molecule has 3 rings (SSSR count). The number of nitrogens with zero attached hydrogens (tertiary/aromatic N) is 3. The maximum atomic E-state index is 12.4. The third kappa shape index (κ3) is 3.74. The minimum atomic E-state index is -0.0423. The fraction of sp³-hybridized carbons (Fsp3) is 0.263. The molecule has 0 spiro atoms. The van der Waals surface area contributed by atoms with Crippen molar-refractivity contribution in [1.29, 1.82) is 0 Å². The SMILES string of the molecule is CCN(Cc1cnc2ccccn12)C(=O)NCCc1ccccc1. The molecule has 2 amide bonds. The Morgan fingerprint density at radius 3 is 2.75 bits per heavy atom. The fourth-order valence-electron chi connectivity index (χ4n) is 2.70. The average molecular weight is 322 g/mol.